The zero-order valence-corrected chi connectivity index (χ0v) is 14.2. The molecule has 126 valence electrons. The predicted octanol–water partition coefficient (Wildman–Crippen LogP) is 3.68. The fraction of sp³-hybridized carbons (Fsp3) is 0.350. The van der Waals surface area contributed by atoms with E-state index in [1.165, 1.54) is 0 Å². The molecule has 2 N–H and O–H groups in total. The Kier molecular flexibility index (Phi) is 4.58. The Morgan fingerprint density at radius 2 is 1.79 bits per heavy atom. The summed E-state index contributed by atoms with van der Waals surface area (Å²) < 4.78 is 5.92. The van der Waals surface area contributed by atoms with Crippen LogP contribution in [0.15, 0.2) is 54.6 Å². The Morgan fingerprint density at radius 1 is 1.12 bits per heavy atom. The normalized spacial score (nSPS) is 19.8. The minimum atomic E-state index is -0.0802. The number of rotatable bonds is 3. The molecule has 1 amide bonds. The second kappa shape index (κ2) is 6.65. The van der Waals surface area contributed by atoms with E-state index in [-0.39, 0.29) is 17.4 Å². The van der Waals surface area contributed by atoms with Crippen LogP contribution in [-0.2, 0) is 0 Å². The molecule has 0 aromatic heterocycles. The zero-order chi connectivity index (χ0) is 17.2. The maximum atomic E-state index is 13.0. The van der Waals surface area contributed by atoms with Gasteiger partial charge < -0.3 is 15.4 Å². The minimum absolute atomic E-state index is 0.00139. The number of hydrogen-bond donors (Lipinski definition) is 1. The summed E-state index contributed by atoms with van der Waals surface area (Å²) in [6.07, 6.45) is 0.820. The van der Waals surface area contributed by atoms with E-state index >= 15 is 0 Å². The van der Waals surface area contributed by atoms with Crippen molar-refractivity contribution in [1.82, 2.24) is 4.90 Å². The van der Waals surface area contributed by atoms with Gasteiger partial charge in [-0.1, -0.05) is 44.2 Å². The van der Waals surface area contributed by atoms with Crippen LogP contribution in [0.1, 0.15) is 30.6 Å². The first kappa shape index (κ1) is 16.5. The summed E-state index contributed by atoms with van der Waals surface area (Å²) in [5.74, 6) is 1.31. The van der Waals surface area contributed by atoms with Crippen LogP contribution in [-0.4, -0.2) is 29.9 Å². The van der Waals surface area contributed by atoms with Gasteiger partial charge in [0.2, 0.25) is 0 Å². The molecule has 0 radical (unpaired) electrons. The van der Waals surface area contributed by atoms with E-state index in [9.17, 15) is 4.79 Å². The van der Waals surface area contributed by atoms with Crippen LogP contribution in [0.4, 0.5) is 0 Å². The number of amides is 1. The van der Waals surface area contributed by atoms with Crippen LogP contribution >= 0.6 is 0 Å². The Bertz CT molecular complexity index is 713. The molecule has 1 heterocycles. The highest BCUT2D eigenvalue weighted by atomic mass is 16.5. The number of nitrogens with zero attached hydrogens (tertiary/aromatic N) is 1. The first-order valence-electron chi connectivity index (χ1n) is 8.34. The van der Waals surface area contributed by atoms with Crippen molar-refractivity contribution in [3.63, 3.8) is 0 Å². The molecule has 1 aliphatic heterocycles. The lowest BCUT2D eigenvalue weighted by molar-refractivity contribution is 0.0530. The Balaban J connectivity index is 1.83. The monoisotopic (exact) mass is 324 g/mol. The third-order valence-corrected chi connectivity index (χ3v) is 4.69. The molecule has 0 aliphatic carbocycles. The van der Waals surface area contributed by atoms with E-state index in [0.717, 1.165) is 12.2 Å². The highest BCUT2D eigenvalue weighted by Gasteiger charge is 2.36. The number of nitrogens with two attached hydrogens (primary N) is 1. The van der Waals surface area contributed by atoms with E-state index in [1.807, 2.05) is 59.5 Å². The second-order valence-electron chi connectivity index (χ2n) is 7.02. The molecule has 3 rings (SSSR count). The predicted molar refractivity (Wildman–Crippen MR) is 95.2 cm³/mol. The summed E-state index contributed by atoms with van der Waals surface area (Å²) in [5.41, 5.74) is 6.69. The van der Waals surface area contributed by atoms with Gasteiger partial charge in [-0.25, -0.2) is 0 Å². The quantitative estimate of drug-likeness (QED) is 0.937. The second-order valence-corrected chi connectivity index (χ2v) is 7.02. The summed E-state index contributed by atoms with van der Waals surface area (Å²) in [5, 5.41) is 0. The van der Waals surface area contributed by atoms with Crippen LogP contribution < -0.4 is 10.5 Å². The lowest BCUT2D eigenvalue weighted by atomic mass is 9.79. The van der Waals surface area contributed by atoms with Gasteiger partial charge in [-0.3, -0.25) is 4.79 Å². The lowest BCUT2D eigenvalue weighted by Crippen LogP contribution is -2.54. The fourth-order valence-corrected chi connectivity index (χ4v) is 3.07. The van der Waals surface area contributed by atoms with Crippen molar-refractivity contribution in [2.75, 3.05) is 13.1 Å². The van der Waals surface area contributed by atoms with Crippen LogP contribution in [0.25, 0.3) is 0 Å². The van der Waals surface area contributed by atoms with Crippen molar-refractivity contribution in [3.8, 4) is 11.5 Å². The van der Waals surface area contributed by atoms with Gasteiger partial charge in [-0.05, 0) is 36.1 Å². The first-order chi connectivity index (χ1) is 11.5. The summed E-state index contributed by atoms with van der Waals surface area (Å²) in [4.78, 5) is 14.9. The number of ether oxygens (including phenoxy) is 1. The van der Waals surface area contributed by atoms with Crippen molar-refractivity contribution < 1.29 is 9.53 Å². The number of carbonyl (C=O) groups excluding carboxylic acids is 1. The maximum absolute atomic E-state index is 13.0. The molecule has 2 aromatic rings. The topological polar surface area (TPSA) is 55.6 Å². The molecular weight excluding hydrogens is 300 g/mol. The average molecular weight is 324 g/mol. The number of piperidine rings is 1. The van der Waals surface area contributed by atoms with Crippen LogP contribution in [0.3, 0.4) is 0 Å². The largest absolute Gasteiger partial charge is 0.457 e. The highest BCUT2D eigenvalue weighted by molar-refractivity contribution is 5.97. The van der Waals surface area contributed by atoms with E-state index in [1.54, 1.807) is 0 Å². The molecular formula is C20H24N2O2. The van der Waals surface area contributed by atoms with Crippen LogP contribution in [0.5, 0.6) is 11.5 Å². The molecule has 4 heteroatoms. The number of para-hydroxylation sites is 2. The molecule has 1 aliphatic rings. The van der Waals surface area contributed by atoms with Gasteiger partial charge in [-0.2, -0.15) is 0 Å². The highest BCUT2D eigenvalue weighted by Crippen LogP contribution is 2.31. The molecule has 1 unspecified atom stereocenters. The molecule has 0 bridgehead atoms. The van der Waals surface area contributed by atoms with Gasteiger partial charge in [0.05, 0.1) is 5.56 Å². The fourth-order valence-electron chi connectivity index (χ4n) is 3.07. The van der Waals surface area contributed by atoms with Gasteiger partial charge >= 0.3 is 0 Å². The third kappa shape index (κ3) is 3.44. The molecule has 1 atom stereocenters. The van der Waals surface area contributed by atoms with E-state index < -0.39 is 0 Å². The van der Waals surface area contributed by atoms with Crippen molar-refractivity contribution in [2.45, 2.75) is 26.3 Å². The standard InChI is InChI=1S/C20H24N2O2/c1-20(2)14-22(13-12-18(20)21)19(23)16-10-6-7-11-17(16)24-15-8-4-3-5-9-15/h3-11,18H,12-14,21H2,1-2H3. The number of benzene rings is 2. The van der Waals surface area contributed by atoms with Crippen molar-refractivity contribution in [3.05, 3.63) is 60.2 Å². The number of carbonyl (C=O) groups is 1. The van der Waals surface area contributed by atoms with Crippen molar-refractivity contribution >= 4 is 5.91 Å². The summed E-state index contributed by atoms with van der Waals surface area (Å²) in [6, 6.07) is 17.0. The van der Waals surface area contributed by atoms with Gasteiger partial charge in [0.1, 0.15) is 11.5 Å². The average Bonchev–Trinajstić information content (AvgIpc) is 2.58. The van der Waals surface area contributed by atoms with Gasteiger partial charge in [0.15, 0.2) is 0 Å². The van der Waals surface area contributed by atoms with E-state index in [2.05, 4.69) is 13.8 Å². The molecule has 24 heavy (non-hydrogen) atoms. The molecule has 4 nitrogen and oxygen atoms in total. The van der Waals surface area contributed by atoms with E-state index in [4.69, 9.17) is 10.5 Å². The van der Waals surface area contributed by atoms with Gasteiger partial charge in [0, 0.05) is 19.1 Å². The van der Waals surface area contributed by atoms with Gasteiger partial charge in [-0.15, -0.1) is 0 Å². The van der Waals surface area contributed by atoms with Gasteiger partial charge in [0.25, 0.3) is 5.91 Å². The number of likely N-dealkylation sites (tertiary alicyclic amines) is 1. The third-order valence-electron chi connectivity index (χ3n) is 4.69. The number of hydrogen-bond acceptors (Lipinski definition) is 3. The van der Waals surface area contributed by atoms with E-state index in [0.29, 0.717) is 24.4 Å². The summed E-state index contributed by atoms with van der Waals surface area (Å²) in [6.45, 7) is 5.57. The molecule has 2 aromatic carbocycles. The smallest absolute Gasteiger partial charge is 0.257 e. The molecule has 0 spiro atoms. The first-order valence-corrected chi connectivity index (χ1v) is 8.34. The molecule has 1 fully saturated rings. The Morgan fingerprint density at radius 3 is 2.50 bits per heavy atom. The molecule has 0 saturated carbocycles. The Hall–Kier alpha value is -2.33. The zero-order valence-electron chi connectivity index (χ0n) is 14.2. The van der Waals surface area contributed by atoms with Crippen LogP contribution in [0, 0.1) is 5.41 Å². The van der Waals surface area contributed by atoms with Crippen LogP contribution in [0.2, 0.25) is 0 Å². The maximum Gasteiger partial charge on any atom is 0.257 e. The lowest BCUT2D eigenvalue weighted by Gasteiger charge is -2.42. The van der Waals surface area contributed by atoms with Crippen molar-refractivity contribution in [1.29, 1.82) is 0 Å². The summed E-state index contributed by atoms with van der Waals surface area (Å²) >= 11 is 0. The Labute approximate surface area is 143 Å². The summed E-state index contributed by atoms with van der Waals surface area (Å²) in [7, 11) is 0. The minimum Gasteiger partial charge on any atom is -0.457 e. The SMILES string of the molecule is CC1(C)CN(C(=O)c2ccccc2Oc2ccccc2)CCC1N. The molecule has 1 saturated heterocycles. The van der Waals surface area contributed by atoms with Crippen molar-refractivity contribution in [2.24, 2.45) is 11.1 Å².